The lowest BCUT2D eigenvalue weighted by Crippen LogP contribution is -2.35. The lowest BCUT2D eigenvalue weighted by atomic mass is 10.2. The minimum atomic E-state index is -5.11. The highest BCUT2D eigenvalue weighted by Crippen LogP contribution is 2.33. The van der Waals surface area contributed by atoms with E-state index in [0.717, 1.165) is 0 Å². The molecule has 1 heterocycles. The van der Waals surface area contributed by atoms with Crippen LogP contribution in [-0.4, -0.2) is 92.9 Å². The monoisotopic (exact) mass is 638 g/mol. The van der Waals surface area contributed by atoms with Crippen molar-refractivity contribution in [2.75, 3.05) is 68.8 Å². The van der Waals surface area contributed by atoms with Gasteiger partial charge in [-0.05, 0) is 58.5 Å². The van der Waals surface area contributed by atoms with Crippen molar-refractivity contribution in [3.05, 3.63) is 66.7 Å². The molecule has 0 aliphatic carbocycles. The number of amides is 2. The zero-order valence-electron chi connectivity index (χ0n) is 25.3. The summed E-state index contributed by atoms with van der Waals surface area (Å²) in [5, 5.41) is 8.50. The summed E-state index contributed by atoms with van der Waals surface area (Å²) in [5.74, 6) is -0.738. The summed E-state index contributed by atoms with van der Waals surface area (Å²) < 4.78 is 41.4. The molecule has 0 atom stereocenters. The SMILES string of the molecule is COc1cc(NC(=O)CN(C)C)cc(Nc2nc3ccccc3nc2N(Oc2cccc(NC(=O)CN(C)C)c2)S(=O)(=O)O)c1. The maximum atomic E-state index is 12.7. The van der Waals surface area contributed by atoms with Crippen molar-refractivity contribution in [1.82, 2.24) is 19.8 Å². The number of fused-ring (bicyclic) bond motifs is 1. The van der Waals surface area contributed by atoms with Crippen LogP contribution < -0.4 is 30.0 Å². The van der Waals surface area contributed by atoms with E-state index in [2.05, 4.69) is 25.9 Å². The second-order valence-corrected chi connectivity index (χ2v) is 11.6. The number of nitrogens with zero attached hydrogens (tertiary/aromatic N) is 5. The van der Waals surface area contributed by atoms with Gasteiger partial charge in [0.15, 0.2) is 11.6 Å². The molecule has 0 fully saturated rings. The molecule has 4 N–H and O–H groups in total. The molecule has 0 radical (unpaired) electrons. The number of carbonyl (C=O) groups excluding carboxylic acids is 2. The predicted molar refractivity (Wildman–Crippen MR) is 171 cm³/mol. The van der Waals surface area contributed by atoms with E-state index >= 15 is 0 Å². The quantitative estimate of drug-likeness (QED) is 0.124. The van der Waals surface area contributed by atoms with Crippen LogP contribution in [-0.2, 0) is 19.9 Å². The molecule has 4 aromatic rings. The summed E-state index contributed by atoms with van der Waals surface area (Å²) in [5.41, 5.74) is 1.79. The van der Waals surface area contributed by atoms with E-state index in [4.69, 9.17) is 9.57 Å². The van der Waals surface area contributed by atoms with Gasteiger partial charge in [0.25, 0.3) is 0 Å². The fraction of sp³-hybridized carbons (Fsp3) is 0.241. The highest BCUT2D eigenvalue weighted by molar-refractivity contribution is 7.87. The summed E-state index contributed by atoms with van der Waals surface area (Å²) >= 11 is 0. The number of benzene rings is 3. The van der Waals surface area contributed by atoms with Gasteiger partial charge in [0.05, 0.1) is 31.2 Å². The second kappa shape index (κ2) is 14.2. The molecular weight excluding hydrogens is 604 g/mol. The third kappa shape index (κ3) is 9.23. The molecule has 0 saturated heterocycles. The van der Waals surface area contributed by atoms with Gasteiger partial charge in [0.1, 0.15) is 5.75 Å². The number of aromatic nitrogens is 2. The van der Waals surface area contributed by atoms with Gasteiger partial charge in [-0.15, -0.1) is 0 Å². The van der Waals surface area contributed by atoms with E-state index in [1.54, 1.807) is 86.5 Å². The zero-order valence-corrected chi connectivity index (χ0v) is 26.1. The first-order chi connectivity index (χ1) is 21.3. The van der Waals surface area contributed by atoms with Gasteiger partial charge in [-0.1, -0.05) is 22.7 Å². The van der Waals surface area contributed by atoms with Crippen LogP contribution in [0.3, 0.4) is 0 Å². The van der Waals surface area contributed by atoms with Gasteiger partial charge in [-0.2, -0.15) is 8.42 Å². The molecule has 0 aliphatic heterocycles. The lowest BCUT2D eigenvalue weighted by molar-refractivity contribution is -0.117. The smallest absolute Gasteiger partial charge is 0.393 e. The number of hydrogen-bond acceptors (Lipinski definition) is 11. The predicted octanol–water partition coefficient (Wildman–Crippen LogP) is 2.99. The molecule has 15 nitrogen and oxygen atoms in total. The topological polar surface area (TPSA) is 179 Å². The first-order valence-corrected chi connectivity index (χ1v) is 14.9. The maximum Gasteiger partial charge on any atom is 0.393 e. The number of anilines is 5. The number of ether oxygens (including phenoxy) is 1. The van der Waals surface area contributed by atoms with E-state index in [1.165, 1.54) is 25.3 Å². The number of likely N-dealkylation sites (N-methyl/N-ethyl adjacent to an activating group) is 2. The van der Waals surface area contributed by atoms with E-state index in [-0.39, 0.29) is 40.9 Å². The Labute approximate surface area is 260 Å². The Morgan fingerprint density at radius 1 is 0.778 bits per heavy atom. The first-order valence-electron chi connectivity index (χ1n) is 13.5. The van der Waals surface area contributed by atoms with Crippen LogP contribution in [0, 0.1) is 0 Å². The summed E-state index contributed by atoms with van der Waals surface area (Å²) in [6.45, 7) is 0.261. The van der Waals surface area contributed by atoms with Gasteiger partial charge in [0.2, 0.25) is 17.6 Å². The molecule has 0 spiro atoms. The lowest BCUT2D eigenvalue weighted by Gasteiger charge is -2.22. The molecule has 16 heteroatoms. The number of methoxy groups -OCH3 is 1. The van der Waals surface area contributed by atoms with Crippen LogP contribution in [0.25, 0.3) is 11.0 Å². The number of rotatable bonds is 13. The number of hydrogen-bond donors (Lipinski definition) is 4. The zero-order chi connectivity index (χ0) is 32.7. The van der Waals surface area contributed by atoms with E-state index in [1.807, 2.05) is 0 Å². The van der Waals surface area contributed by atoms with Crippen molar-refractivity contribution >= 4 is 61.8 Å². The highest BCUT2D eigenvalue weighted by Gasteiger charge is 2.29. The molecule has 4 rings (SSSR count). The fourth-order valence-corrected chi connectivity index (χ4v) is 4.63. The maximum absolute atomic E-state index is 12.7. The minimum Gasteiger partial charge on any atom is -0.497 e. The normalized spacial score (nSPS) is 11.4. The van der Waals surface area contributed by atoms with Crippen LogP contribution in [0.5, 0.6) is 11.5 Å². The Hall–Kier alpha value is -5.03. The van der Waals surface area contributed by atoms with E-state index < -0.39 is 16.1 Å². The van der Waals surface area contributed by atoms with Gasteiger partial charge >= 0.3 is 10.3 Å². The molecular formula is C29H34N8O7S. The number of nitrogens with one attached hydrogen (secondary N) is 3. The van der Waals surface area contributed by atoms with Crippen molar-refractivity contribution in [3.63, 3.8) is 0 Å². The Morgan fingerprint density at radius 2 is 1.36 bits per heavy atom. The van der Waals surface area contributed by atoms with Crippen molar-refractivity contribution < 1.29 is 32.1 Å². The minimum absolute atomic E-state index is 0.0385. The summed E-state index contributed by atoms with van der Waals surface area (Å²) in [6, 6.07) is 17.5. The van der Waals surface area contributed by atoms with E-state index in [9.17, 15) is 22.6 Å². The van der Waals surface area contributed by atoms with Crippen molar-refractivity contribution in [2.24, 2.45) is 0 Å². The third-order valence-corrected chi connectivity index (χ3v) is 6.52. The van der Waals surface area contributed by atoms with Gasteiger partial charge < -0.3 is 35.3 Å². The summed E-state index contributed by atoms with van der Waals surface area (Å²) in [7, 11) is 3.35. The van der Waals surface area contributed by atoms with Gasteiger partial charge in [0, 0.05) is 35.3 Å². The molecule has 2 amide bonds. The largest absolute Gasteiger partial charge is 0.497 e. The molecule has 1 aromatic heterocycles. The van der Waals surface area contributed by atoms with Crippen molar-refractivity contribution in [2.45, 2.75) is 0 Å². The van der Waals surface area contributed by atoms with Crippen molar-refractivity contribution in [1.29, 1.82) is 0 Å². The van der Waals surface area contributed by atoms with Crippen LogP contribution in [0.2, 0.25) is 0 Å². The molecule has 238 valence electrons. The Kier molecular flexibility index (Phi) is 10.4. The summed E-state index contributed by atoms with van der Waals surface area (Å²) in [6.07, 6.45) is 0. The molecule has 3 aromatic carbocycles. The molecule has 0 bridgehead atoms. The fourth-order valence-electron chi connectivity index (χ4n) is 4.10. The van der Waals surface area contributed by atoms with Crippen LogP contribution in [0.15, 0.2) is 66.7 Å². The highest BCUT2D eigenvalue weighted by atomic mass is 32.2. The van der Waals surface area contributed by atoms with Crippen LogP contribution in [0.4, 0.5) is 28.7 Å². The number of carbonyl (C=O) groups is 2. The summed E-state index contributed by atoms with van der Waals surface area (Å²) in [4.78, 5) is 42.7. The standard InChI is InChI=1S/C29H34N8O7S/c1-35(2)17-26(38)30-19-9-8-10-22(14-19)44-37(45(40,41)42)29-28(33-24-11-6-7-12-25(24)34-29)32-21-13-20(15-23(16-21)43-5)31-27(39)18-36(3)4/h6-16H,17-18H2,1-5H3,(H,30,38)(H,31,39)(H,32,33)(H,40,41,42). The molecule has 0 unspecified atom stereocenters. The van der Waals surface area contributed by atoms with Crippen molar-refractivity contribution in [3.8, 4) is 11.5 Å². The van der Waals surface area contributed by atoms with Gasteiger partial charge in [-0.25, -0.2) is 9.97 Å². The Morgan fingerprint density at radius 3 is 1.96 bits per heavy atom. The average molecular weight is 639 g/mol. The first kappa shape index (κ1) is 32.9. The Balaban J connectivity index is 1.75. The second-order valence-electron chi connectivity index (χ2n) is 10.4. The average Bonchev–Trinajstić information content (AvgIpc) is 2.94. The molecule has 45 heavy (non-hydrogen) atoms. The Bertz CT molecular complexity index is 1800. The third-order valence-electron chi connectivity index (χ3n) is 5.85. The van der Waals surface area contributed by atoms with Gasteiger partial charge in [-0.3, -0.25) is 14.1 Å². The molecule has 0 aliphatic rings. The van der Waals surface area contributed by atoms with E-state index in [0.29, 0.717) is 33.8 Å². The molecule has 0 saturated carbocycles. The van der Waals surface area contributed by atoms with Crippen LogP contribution in [0.1, 0.15) is 0 Å². The van der Waals surface area contributed by atoms with Crippen LogP contribution >= 0.6 is 0 Å². The number of para-hydroxylation sites is 2.